The summed E-state index contributed by atoms with van der Waals surface area (Å²) in [6, 6.07) is 0. The van der Waals surface area contributed by atoms with Crippen LogP contribution in [0.25, 0.3) is 0 Å². The van der Waals surface area contributed by atoms with Crippen LogP contribution in [0.3, 0.4) is 0 Å². The van der Waals surface area contributed by atoms with E-state index >= 15 is 0 Å². The first-order chi connectivity index (χ1) is 7.76. The van der Waals surface area contributed by atoms with Crippen LogP contribution in [-0.2, 0) is 19.1 Å². The molecule has 5 nitrogen and oxygen atoms in total. The first-order valence-corrected chi connectivity index (χ1v) is 5.46. The molecule has 0 aliphatic carbocycles. The molecule has 12 heteroatoms. The average molecular weight is 304 g/mol. The van der Waals surface area contributed by atoms with Crippen molar-refractivity contribution >= 4 is 16.1 Å². The van der Waals surface area contributed by atoms with Gasteiger partial charge in [-0.2, -0.15) is 34.8 Å². The van der Waals surface area contributed by atoms with Crippen LogP contribution in [0.1, 0.15) is 12.8 Å². The molecule has 0 saturated carbocycles. The van der Waals surface area contributed by atoms with Gasteiger partial charge in [-0.15, -0.1) is 0 Å². The fourth-order valence-electron chi connectivity index (χ4n) is 0.715. The summed E-state index contributed by atoms with van der Waals surface area (Å²) >= 11 is 0. The number of carboxylic acids is 1. The summed E-state index contributed by atoms with van der Waals surface area (Å²) in [5, 5.41) is 8.28. The van der Waals surface area contributed by atoms with E-state index in [0.29, 0.717) is 0 Å². The van der Waals surface area contributed by atoms with E-state index in [1.165, 1.54) is 0 Å². The maximum absolute atomic E-state index is 11.8. The number of carboxylic acid groups (broad SMARTS) is 1. The highest BCUT2D eigenvalue weighted by Crippen LogP contribution is 2.28. The third kappa shape index (κ3) is 5.53. The van der Waals surface area contributed by atoms with Gasteiger partial charge < -0.3 is 5.11 Å². The third-order valence-electron chi connectivity index (χ3n) is 1.49. The van der Waals surface area contributed by atoms with E-state index < -0.39 is 46.7 Å². The Bertz CT molecular complexity index is 396. The number of alkyl halides is 6. The Morgan fingerprint density at radius 1 is 1.17 bits per heavy atom. The fraction of sp³-hybridized carbons (Fsp3) is 0.833. The van der Waals surface area contributed by atoms with Gasteiger partial charge in [-0.3, -0.25) is 0 Å². The summed E-state index contributed by atoms with van der Waals surface area (Å²) in [6.07, 6.45) is -10.8. The number of carbonyl (C=O) groups is 1. The lowest BCUT2D eigenvalue weighted by Gasteiger charge is -2.15. The van der Waals surface area contributed by atoms with Crippen molar-refractivity contribution in [3.8, 4) is 0 Å². The summed E-state index contributed by atoms with van der Waals surface area (Å²) in [6.45, 7) is 0. The van der Waals surface area contributed by atoms with Gasteiger partial charge in [0.25, 0.3) is 0 Å². The van der Waals surface area contributed by atoms with Crippen molar-refractivity contribution in [2.24, 2.45) is 0 Å². The van der Waals surface area contributed by atoms with Crippen LogP contribution >= 0.6 is 0 Å². The van der Waals surface area contributed by atoms with Crippen molar-refractivity contribution in [3.63, 3.8) is 0 Å². The lowest BCUT2D eigenvalue weighted by Crippen LogP contribution is -2.34. The molecule has 18 heavy (non-hydrogen) atoms. The number of rotatable bonds is 5. The van der Waals surface area contributed by atoms with Crippen LogP contribution < -0.4 is 0 Å². The van der Waals surface area contributed by atoms with E-state index in [1.54, 1.807) is 0 Å². The van der Waals surface area contributed by atoms with Crippen LogP contribution in [0, 0.1) is 0 Å². The van der Waals surface area contributed by atoms with Gasteiger partial charge in [0.1, 0.15) is 0 Å². The molecule has 0 aliphatic heterocycles. The molecule has 1 atom stereocenters. The third-order valence-corrected chi connectivity index (χ3v) is 2.54. The Morgan fingerprint density at radius 2 is 1.61 bits per heavy atom. The highest BCUT2D eigenvalue weighted by molar-refractivity contribution is 7.87. The van der Waals surface area contributed by atoms with Gasteiger partial charge in [-0.1, -0.05) is 0 Å². The van der Waals surface area contributed by atoms with Gasteiger partial charge >= 0.3 is 27.8 Å². The zero-order chi connectivity index (χ0) is 14.8. The first-order valence-electron chi connectivity index (χ1n) is 4.05. The van der Waals surface area contributed by atoms with Gasteiger partial charge in [0.15, 0.2) is 6.10 Å². The quantitative estimate of drug-likeness (QED) is 0.474. The summed E-state index contributed by atoms with van der Waals surface area (Å²) in [4.78, 5) is 10.3. The Balaban J connectivity index is 4.82. The molecule has 0 saturated heterocycles. The number of aliphatic carboxylic acids is 1. The Labute approximate surface area is 96.5 Å². The molecule has 1 N–H and O–H groups in total. The van der Waals surface area contributed by atoms with E-state index in [1.807, 2.05) is 0 Å². The maximum atomic E-state index is 11.8. The molecule has 0 bridgehead atoms. The Morgan fingerprint density at radius 3 is 1.89 bits per heavy atom. The smallest absolute Gasteiger partial charge is 0.479 e. The molecule has 0 spiro atoms. The highest BCUT2D eigenvalue weighted by Gasteiger charge is 2.49. The molecule has 0 aromatic carbocycles. The van der Waals surface area contributed by atoms with E-state index in [0.717, 1.165) is 0 Å². The monoisotopic (exact) mass is 304 g/mol. The molecule has 0 aliphatic rings. The Hall–Kier alpha value is -1.04. The molecule has 0 heterocycles. The fourth-order valence-corrected chi connectivity index (χ4v) is 1.31. The zero-order valence-electron chi connectivity index (χ0n) is 8.25. The van der Waals surface area contributed by atoms with Gasteiger partial charge in [0, 0.05) is 6.42 Å². The molecule has 0 aromatic heterocycles. The Kier molecular flexibility index (Phi) is 4.99. The largest absolute Gasteiger partial charge is 0.523 e. The van der Waals surface area contributed by atoms with Crippen molar-refractivity contribution < 1.29 is 48.8 Å². The molecule has 0 fully saturated rings. The number of hydrogen-bond acceptors (Lipinski definition) is 4. The number of halogens is 6. The van der Waals surface area contributed by atoms with Crippen molar-refractivity contribution in [1.82, 2.24) is 0 Å². The molecule has 0 radical (unpaired) electrons. The average Bonchev–Trinajstić information content (AvgIpc) is 2.08. The minimum absolute atomic E-state index is 1.45. The second kappa shape index (κ2) is 5.30. The molecule has 0 aromatic rings. The van der Waals surface area contributed by atoms with Crippen LogP contribution in [-0.4, -0.2) is 37.3 Å². The van der Waals surface area contributed by atoms with Crippen molar-refractivity contribution in [3.05, 3.63) is 0 Å². The van der Waals surface area contributed by atoms with Gasteiger partial charge in [-0.05, 0) is 6.42 Å². The number of hydrogen-bond donors (Lipinski definition) is 1. The molecule has 0 rings (SSSR count). The highest BCUT2D eigenvalue weighted by atomic mass is 32.2. The SMILES string of the molecule is O=C(O)C(CCC(F)(F)F)OS(=O)(=O)C(F)(F)F. The normalized spacial score (nSPS) is 15.4. The second-order valence-corrected chi connectivity index (χ2v) is 4.54. The van der Waals surface area contributed by atoms with Gasteiger partial charge in [-0.25, -0.2) is 8.98 Å². The van der Waals surface area contributed by atoms with E-state index in [4.69, 9.17) is 5.11 Å². The predicted octanol–water partition coefficient (Wildman–Crippen LogP) is 1.65. The molecular formula is C6H6F6O5S. The van der Waals surface area contributed by atoms with Crippen LogP contribution in [0.2, 0.25) is 0 Å². The molecule has 0 amide bonds. The standard InChI is InChI=1S/C6H6F6O5S/c7-5(8,9)2-1-3(4(13)14)17-18(15,16)6(10,11)12/h3H,1-2H2,(H,13,14). The lowest BCUT2D eigenvalue weighted by atomic mass is 10.2. The second-order valence-electron chi connectivity index (χ2n) is 2.98. The van der Waals surface area contributed by atoms with E-state index in [9.17, 15) is 39.6 Å². The minimum Gasteiger partial charge on any atom is -0.479 e. The van der Waals surface area contributed by atoms with Crippen molar-refractivity contribution in [1.29, 1.82) is 0 Å². The van der Waals surface area contributed by atoms with Crippen molar-refractivity contribution in [2.75, 3.05) is 0 Å². The summed E-state index contributed by atoms with van der Waals surface area (Å²) in [5.74, 6) is -2.24. The van der Waals surface area contributed by atoms with E-state index in [-0.39, 0.29) is 0 Å². The first kappa shape index (κ1) is 17.0. The van der Waals surface area contributed by atoms with Gasteiger partial charge in [0.2, 0.25) is 0 Å². The zero-order valence-corrected chi connectivity index (χ0v) is 9.06. The molecular weight excluding hydrogens is 298 g/mol. The van der Waals surface area contributed by atoms with Crippen LogP contribution in [0.15, 0.2) is 0 Å². The van der Waals surface area contributed by atoms with Gasteiger partial charge in [0.05, 0.1) is 0 Å². The van der Waals surface area contributed by atoms with Crippen LogP contribution in [0.5, 0.6) is 0 Å². The van der Waals surface area contributed by atoms with Crippen molar-refractivity contribution in [2.45, 2.75) is 30.6 Å². The summed E-state index contributed by atoms with van der Waals surface area (Å²) in [7, 11) is -6.26. The predicted molar refractivity (Wildman–Crippen MR) is 42.8 cm³/mol. The topological polar surface area (TPSA) is 80.7 Å². The maximum Gasteiger partial charge on any atom is 0.523 e. The molecule has 108 valence electrons. The van der Waals surface area contributed by atoms with E-state index in [2.05, 4.69) is 4.18 Å². The van der Waals surface area contributed by atoms with Crippen LogP contribution in [0.4, 0.5) is 26.3 Å². The lowest BCUT2D eigenvalue weighted by molar-refractivity contribution is -0.153. The summed E-state index contributed by atoms with van der Waals surface area (Å²) < 4.78 is 94.6. The molecule has 1 unspecified atom stereocenters. The summed E-state index contributed by atoms with van der Waals surface area (Å²) in [5.41, 5.74) is -5.90. The minimum atomic E-state index is -6.26.